The van der Waals surface area contributed by atoms with Crippen LogP contribution >= 0.6 is 12.4 Å². The van der Waals surface area contributed by atoms with E-state index in [1.54, 1.807) is 6.07 Å². The van der Waals surface area contributed by atoms with Crippen molar-refractivity contribution in [1.29, 1.82) is 0 Å². The summed E-state index contributed by atoms with van der Waals surface area (Å²) in [5.41, 5.74) is 0.0986. The molecule has 0 aliphatic carbocycles. The molecule has 1 N–H and O–H groups in total. The van der Waals surface area contributed by atoms with E-state index in [9.17, 15) is 22.0 Å². The average molecular weight is 433 g/mol. The number of nitrogens with one attached hydrogen (secondary N) is 1. The van der Waals surface area contributed by atoms with Gasteiger partial charge in [-0.25, -0.2) is 22.0 Å². The number of methoxy groups -OCH3 is 1. The van der Waals surface area contributed by atoms with Gasteiger partial charge in [0.05, 0.1) is 23.6 Å². The van der Waals surface area contributed by atoms with Crippen molar-refractivity contribution in [3.05, 3.63) is 65.2 Å². The lowest BCUT2D eigenvalue weighted by molar-refractivity contribution is 0.0595. The topological polar surface area (TPSA) is 75.7 Å². The summed E-state index contributed by atoms with van der Waals surface area (Å²) in [6.07, 6.45) is 0. The lowest BCUT2D eigenvalue weighted by Crippen LogP contribution is -2.48. The van der Waals surface area contributed by atoms with Gasteiger partial charge in [-0.05, 0) is 35.9 Å². The van der Waals surface area contributed by atoms with Gasteiger partial charge < -0.3 is 10.1 Å². The van der Waals surface area contributed by atoms with E-state index in [-0.39, 0.29) is 36.0 Å². The number of rotatable bonds is 4. The molecule has 1 unspecified atom stereocenters. The van der Waals surface area contributed by atoms with Gasteiger partial charge in [0.25, 0.3) is 0 Å². The van der Waals surface area contributed by atoms with E-state index in [0.29, 0.717) is 12.1 Å². The molecular formula is C18H19ClF2N2O4S. The normalized spacial score (nSPS) is 17.6. The quantitative estimate of drug-likeness (QED) is 0.751. The monoisotopic (exact) mass is 432 g/mol. The van der Waals surface area contributed by atoms with Crippen molar-refractivity contribution in [2.75, 3.05) is 26.7 Å². The fourth-order valence-corrected chi connectivity index (χ4v) is 4.87. The number of esters is 1. The Morgan fingerprint density at radius 1 is 1.18 bits per heavy atom. The lowest BCUT2D eigenvalue weighted by atomic mass is 10.1. The van der Waals surface area contributed by atoms with E-state index in [1.165, 1.54) is 22.5 Å². The first-order chi connectivity index (χ1) is 12.8. The molecule has 2 aromatic rings. The number of hydrogen-bond acceptors (Lipinski definition) is 5. The molecule has 10 heteroatoms. The van der Waals surface area contributed by atoms with Crippen LogP contribution < -0.4 is 5.32 Å². The molecule has 28 heavy (non-hydrogen) atoms. The summed E-state index contributed by atoms with van der Waals surface area (Å²) in [6, 6.07) is 7.85. The summed E-state index contributed by atoms with van der Waals surface area (Å²) < 4.78 is 59.6. The van der Waals surface area contributed by atoms with E-state index in [2.05, 4.69) is 10.1 Å². The highest BCUT2D eigenvalue weighted by Gasteiger charge is 2.37. The van der Waals surface area contributed by atoms with Gasteiger partial charge >= 0.3 is 5.97 Å². The zero-order chi connectivity index (χ0) is 19.6. The molecule has 1 aliphatic rings. The van der Waals surface area contributed by atoms with Gasteiger partial charge in [0.15, 0.2) is 0 Å². The van der Waals surface area contributed by atoms with Gasteiger partial charge in [0, 0.05) is 19.6 Å². The molecule has 6 nitrogen and oxygen atoms in total. The zero-order valence-electron chi connectivity index (χ0n) is 14.9. The van der Waals surface area contributed by atoms with Crippen molar-refractivity contribution < 1.29 is 26.7 Å². The maximum absolute atomic E-state index is 13.6. The predicted octanol–water partition coefficient (Wildman–Crippen LogP) is 2.51. The molecule has 0 amide bonds. The number of carbonyl (C=O) groups is 1. The van der Waals surface area contributed by atoms with Crippen LogP contribution in [0.15, 0.2) is 47.4 Å². The summed E-state index contributed by atoms with van der Waals surface area (Å²) in [5.74, 6) is -2.19. The summed E-state index contributed by atoms with van der Waals surface area (Å²) in [5, 5.41) is 3.08. The number of piperazine rings is 1. The number of carbonyl (C=O) groups excluding carboxylic acids is 1. The van der Waals surface area contributed by atoms with Crippen LogP contribution in [0.2, 0.25) is 0 Å². The van der Waals surface area contributed by atoms with Crippen LogP contribution in [-0.2, 0) is 14.8 Å². The van der Waals surface area contributed by atoms with Crippen LogP contribution in [0, 0.1) is 11.6 Å². The lowest BCUT2D eigenvalue weighted by Gasteiger charge is -2.35. The second kappa shape index (κ2) is 8.95. The minimum Gasteiger partial charge on any atom is -0.465 e. The van der Waals surface area contributed by atoms with Gasteiger partial charge in [-0.2, -0.15) is 4.31 Å². The van der Waals surface area contributed by atoms with Crippen LogP contribution in [0.4, 0.5) is 8.78 Å². The van der Waals surface area contributed by atoms with Gasteiger partial charge in [-0.3, -0.25) is 0 Å². The number of hydrogen-bond donors (Lipinski definition) is 1. The number of ether oxygens (including phenoxy) is 1. The first kappa shape index (κ1) is 22.2. The van der Waals surface area contributed by atoms with Crippen LogP contribution in [0.5, 0.6) is 0 Å². The molecule has 1 heterocycles. The third-order valence-electron chi connectivity index (χ3n) is 4.36. The largest absolute Gasteiger partial charge is 0.465 e. The van der Waals surface area contributed by atoms with E-state index < -0.39 is 33.7 Å². The fraction of sp³-hybridized carbons (Fsp3) is 0.278. The minimum absolute atomic E-state index is 0. The molecule has 3 rings (SSSR count). The first-order valence-electron chi connectivity index (χ1n) is 8.20. The van der Waals surface area contributed by atoms with E-state index >= 15 is 0 Å². The van der Waals surface area contributed by atoms with Crippen LogP contribution in [0.3, 0.4) is 0 Å². The van der Waals surface area contributed by atoms with E-state index in [4.69, 9.17) is 0 Å². The Morgan fingerprint density at radius 3 is 2.57 bits per heavy atom. The van der Waals surface area contributed by atoms with Gasteiger partial charge in [0.2, 0.25) is 10.0 Å². The Kier molecular flexibility index (Phi) is 7.11. The summed E-state index contributed by atoms with van der Waals surface area (Å²) in [6.45, 7) is 0.777. The number of sulfonamides is 1. The molecular weight excluding hydrogens is 414 g/mol. The second-order valence-electron chi connectivity index (χ2n) is 6.02. The maximum atomic E-state index is 13.6. The number of halogens is 3. The number of nitrogens with zero attached hydrogens (tertiary/aromatic N) is 1. The maximum Gasteiger partial charge on any atom is 0.339 e. The van der Waals surface area contributed by atoms with Crippen molar-refractivity contribution >= 4 is 28.4 Å². The molecule has 152 valence electrons. The zero-order valence-corrected chi connectivity index (χ0v) is 16.5. The molecule has 1 fully saturated rings. The predicted molar refractivity (Wildman–Crippen MR) is 101 cm³/mol. The summed E-state index contributed by atoms with van der Waals surface area (Å²) in [7, 11) is -3.08. The Hall–Kier alpha value is -2.07. The van der Waals surface area contributed by atoms with Gasteiger partial charge in [-0.15, -0.1) is 12.4 Å². The summed E-state index contributed by atoms with van der Waals surface area (Å²) >= 11 is 0. The molecule has 0 saturated carbocycles. The standard InChI is InChI=1S/C18H18F2N2O4S.ClH/c1-26-18(23)15-10-14(20)5-6-17(15)27(24,25)22-8-7-21-11-16(22)12-3-2-4-13(19)9-12;/h2-6,9-10,16,21H,7-8,11H2,1H3;1H. The third-order valence-corrected chi connectivity index (χ3v) is 6.33. The van der Waals surface area contributed by atoms with Crippen molar-refractivity contribution in [2.24, 2.45) is 0 Å². The highest BCUT2D eigenvalue weighted by atomic mass is 35.5. The number of benzene rings is 2. The van der Waals surface area contributed by atoms with Crippen molar-refractivity contribution in [3.63, 3.8) is 0 Å². The van der Waals surface area contributed by atoms with Crippen molar-refractivity contribution in [2.45, 2.75) is 10.9 Å². The van der Waals surface area contributed by atoms with Crippen LogP contribution in [-0.4, -0.2) is 45.4 Å². The summed E-state index contributed by atoms with van der Waals surface area (Å²) in [4.78, 5) is 11.6. The molecule has 2 aromatic carbocycles. The second-order valence-corrected chi connectivity index (χ2v) is 7.88. The van der Waals surface area contributed by atoms with Gasteiger partial charge in [-0.1, -0.05) is 12.1 Å². The SMILES string of the molecule is COC(=O)c1cc(F)ccc1S(=O)(=O)N1CCNCC1c1cccc(F)c1.Cl. The first-order valence-corrected chi connectivity index (χ1v) is 9.64. The minimum atomic E-state index is -4.17. The Labute approximate surface area is 168 Å². The molecule has 0 radical (unpaired) electrons. The van der Waals surface area contributed by atoms with Crippen molar-refractivity contribution in [3.8, 4) is 0 Å². The third kappa shape index (κ3) is 4.33. The Morgan fingerprint density at radius 2 is 1.89 bits per heavy atom. The van der Waals surface area contributed by atoms with Gasteiger partial charge in [0.1, 0.15) is 11.6 Å². The molecule has 0 aromatic heterocycles. The van der Waals surface area contributed by atoms with E-state index in [1.807, 2.05) is 0 Å². The molecule has 1 saturated heterocycles. The Bertz CT molecular complexity index is 972. The van der Waals surface area contributed by atoms with Crippen molar-refractivity contribution in [1.82, 2.24) is 9.62 Å². The van der Waals surface area contributed by atoms with Crippen LogP contribution in [0.1, 0.15) is 22.0 Å². The fourth-order valence-electron chi connectivity index (χ4n) is 3.09. The highest BCUT2D eigenvalue weighted by Crippen LogP contribution is 2.31. The highest BCUT2D eigenvalue weighted by molar-refractivity contribution is 7.89. The van der Waals surface area contributed by atoms with E-state index in [0.717, 1.165) is 25.3 Å². The molecule has 0 spiro atoms. The molecule has 1 atom stereocenters. The Balaban J connectivity index is 0.00000280. The van der Waals surface area contributed by atoms with Crippen LogP contribution in [0.25, 0.3) is 0 Å². The smallest absolute Gasteiger partial charge is 0.339 e. The average Bonchev–Trinajstić information content (AvgIpc) is 2.67. The molecule has 1 aliphatic heterocycles. The molecule has 0 bridgehead atoms.